The van der Waals surface area contributed by atoms with Gasteiger partial charge in [-0.25, -0.2) is 0 Å². The van der Waals surface area contributed by atoms with Gasteiger partial charge in [0.1, 0.15) is 0 Å². The first-order chi connectivity index (χ1) is 9.42. The number of hydrogen-bond acceptors (Lipinski definition) is 4. The topological polar surface area (TPSA) is 83.6 Å². The molecular formula is C14H18N2O3S. The molecule has 2 heterocycles. The highest BCUT2D eigenvalue weighted by Crippen LogP contribution is 2.51. The van der Waals surface area contributed by atoms with Crippen molar-refractivity contribution in [3.05, 3.63) is 21.9 Å². The number of hydrogen-bond donors (Lipinski definition) is 2. The number of carbonyl (C=O) groups excluding carboxylic acids is 2. The molecule has 0 bridgehead atoms. The number of likely N-dealkylation sites (tertiary alicyclic amines) is 1. The zero-order chi connectivity index (χ0) is 14.5. The largest absolute Gasteiger partial charge is 0.378 e. The van der Waals surface area contributed by atoms with Crippen LogP contribution in [0, 0.1) is 12.8 Å². The van der Waals surface area contributed by atoms with E-state index in [-0.39, 0.29) is 24.8 Å². The minimum Gasteiger partial charge on any atom is -0.378 e. The van der Waals surface area contributed by atoms with Gasteiger partial charge in [0, 0.05) is 29.7 Å². The predicted molar refractivity (Wildman–Crippen MR) is 75.2 cm³/mol. The fourth-order valence-corrected chi connectivity index (χ4v) is 4.05. The normalized spacial score (nSPS) is 32.4. The molecule has 0 aromatic carbocycles. The number of thiophene rings is 1. The van der Waals surface area contributed by atoms with Crippen molar-refractivity contribution in [2.75, 3.05) is 13.1 Å². The highest BCUT2D eigenvalue weighted by atomic mass is 32.1. The molecule has 20 heavy (non-hydrogen) atoms. The smallest absolute Gasteiger partial charge is 0.251 e. The highest BCUT2D eigenvalue weighted by molar-refractivity contribution is 7.10. The molecule has 1 saturated heterocycles. The maximum absolute atomic E-state index is 12.4. The van der Waals surface area contributed by atoms with Gasteiger partial charge in [-0.2, -0.15) is 0 Å². The Labute approximate surface area is 121 Å². The monoisotopic (exact) mass is 294 g/mol. The Hall–Kier alpha value is -1.40. The minimum atomic E-state index is -1.54. The van der Waals surface area contributed by atoms with Gasteiger partial charge >= 0.3 is 0 Å². The summed E-state index contributed by atoms with van der Waals surface area (Å²) in [6, 6.07) is 2.07. The van der Waals surface area contributed by atoms with Crippen LogP contribution in [0.3, 0.4) is 0 Å². The number of nitrogens with zero attached hydrogens (tertiary/aromatic N) is 1. The van der Waals surface area contributed by atoms with Crippen LogP contribution in [-0.2, 0) is 9.59 Å². The van der Waals surface area contributed by atoms with E-state index in [1.54, 1.807) is 16.2 Å². The molecule has 0 unspecified atom stereocenters. The molecule has 0 spiro atoms. The molecule has 108 valence electrons. The van der Waals surface area contributed by atoms with Crippen LogP contribution in [-0.4, -0.2) is 40.5 Å². The van der Waals surface area contributed by atoms with E-state index in [0.29, 0.717) is 12.5 Å². The molecule has 3 rings (SSSR count). The number of amides is 2. The average Bonchev–Trinajstić information content (AvgIpc) is 2.90. The van der Waals surface area contributed by atoms with Crippen molar-refractivity contribution in [2.45, 2.75) is 31.3 Å². The van der Waals surface area contributed by atoms with Crippen molar-refractivity contribution < 1.29 is 14.7 Å². The summed E-state index contributed by atoms with van der Waals surface area (Å²) in [5, 5.41) is 12.1. The molecule has 2 amide bonds. The van der Waals surface area contributed by atoms with Crippen molar-refractivity contribution >= 4 is 23.2 Å². The van der Waals surface area contributed by atoms with E-state index < -0.39 is 11.5 Å². The molecule has 3 N–H and O–H groups in total. The molecule has 1 aliphatic carbocycles. The van der Waals surface area contributed by atoms with Gasteiger partial charge in [-0.3, -0.25) is 9.59 Å². The lowest BCUT2D eigenvalue weighted by Gasteiger charge is -2.20. The van der Waals surface area contributed by atoms with Gasteiger partial charge in [0.05, 0.1) is 6.54 Å². The number of nitrogens with two attached hydrogens (primary N) is 1. The summed E-state index contributed by atoms with van der Waals surface area (Å²) in [6.45, 7) is 2.51. The van der Waals surface area contributed by atoms with Crippen molar-refractivity contribution in [2.24, 2.45) is 11.7 Å². The van der Waals surface area contributed by atoms with E-state index in [0.717, 1.165) is 6.42 Å². The highest BCUT2D eigenvalue weighted by Gasteiger charge is 2.51. The minimum absolute atomic E-state index is 0.00239. The number of aryl methyl sites for hydroxylation is 1. The van der Waals surface area contributed by atoms with Gasteiger partial charge < -0.3 is 15.7 Å². The fraction of sp³-hybridized carbons (Fsp3) is 0.571. The van der Waals surface area contributed by atoms with Crippen molar-refractivity contribution in [3.63, 3.8) is 0 Å². The number of carbonyl (C=O) groups is 2. The fourth-order valence-electron chi connectivity index (χ4n) is 2.94. The summed E-state index contributed by atoms with van der Waals surface area (Å²) in [5.74, 6) is -0.387. The third kappa shape index (κ3) is 2.13. The standard InChI is InChI=1S/C14H18N2O3S/c1-8-2-5-20-11(8)9-6-10(9)12(17)16-4-3-14(19,7-16)13(15)18/h2,5,9-10,19H,3-4,6-7H2,1H3,(H2,15,18)/t9-,10-,14+/m1/s1. The number of aliphatic hydroxyl groups is 1. The van der Waals surface area contributed by atoms with Crippen LogP contribution in [0.2, 0.25) is 0 Å². The number of β-amino-alcohol motifs (C(OH)–C–C–N with tert-alkyl or cyclic N) is 1. The molecule has 0 radical (unpaired) electrons. The number of primary amides is 1. The van der Waals surface area contributed by atoms with Crippen molar-refractivity contribution in [1.29, 1.82) is 0 Å². The van der Waals surface area contributed by atoms with E-state index in [9.17, 15) is 14.7 Å². The Balaban J connectivity index is 1.65. The first-order valence-electron chi connectivity index (χ1n) is 6.77. The van der Waals surface area contributed by atoms with E-state index in [2.05, 4.69) is 13.0 Å². The van der Waals surface area contributed by atoms with Crippen molar-refractivity contribution in [1.82, 2.24) is 4.90 Å². The summed E-state index contributed by atoms with van der Waals surface area (Å²) in [6.07, 6.45) is 1.11. The maximum atomic E-state index is 12.4. The van der Waals surface area contributed by atoms with Gasteiger partial charge in [0.2, 0.25) is 5.91 Å². The summed E-state index contributed by atoms with van der Waals surface area (Å²) >= 11 is 1.69. The predicted octanol–water partition coefficient (Wildman–Crippen LogP) is 0.609. The van der Waals surface area contributed by atoms with E-state index in [1.165, 1.54) is 10.4 Å². The van der Waals surface area contributed by atoms with Gasteiger partial charge in [0.15, 0.2) is 5.60 Å². The second-order valence-corrected chi connectivity index (χ2v) is 6.77. The van der Waals surface area contributed by atoms with E-state index in [1.807, 2.05) is 5.38 Å². The van der Waals surface area contributed by atoms with Crippen LogP contribution in [0.15, 0.2) is 11.4 Å². The van der Waals surface area contributed by atoms with Crippen molar-refractivity contribution in [3.8, 4) is 0 Å². The molecule has 3 atom stereocenters. The SMILES string of the molecule is Cc1ccsc1[C@@H]1C[C@H]1C(=O)N1CC[C@@](O)(C(N)=O)C1. The Morgan fingerprint density at radius 3 is 2.85 bits per heavy atom. The van der Waals surface area contributed by atoms with Crippen LogP contribution in [0.5, 0.6) is 0 Å². The molecule has 1 aromatic heterocycles. The zero-order valence-corrected chi connectivity index (χ0v) is 12.2. The van der Waals surface area contributed by atoms with Gasteiger partial charge in [0.25, 0.3) is 5.91 Å². The third-order valence-corrected chi connectivity index (χ3v) is 5.52. The second-order valence-electron chi connectivity index (χ2n) is 5.82. The molecule has 6 heteroatoms. The summed E-state index contributed by atoms with van der Waals surface area (Å²) in [4.78, 5) is 26.5. The summed E-state index contributed by atoms with van der Waals surface area (Å²) in [7, 11) is 0. The van der Waals surface area contributed by atoms with Gasteiger partial charge in [-0.05, 0) is 30.4 Å². The average molecular weight is 294 g/mol. The Morgan fingerprint density at radius 1 is 1.55 bits per heavy atom. The lowest BCUT2D eigenvalue weighted by atomic mass is 10.0. The molecular weight excluding hydrogens is 276 g/mol. The lowest BCUT2D eigenvalue weighted by Crippen LogP contribution is -2.47. The molecule has 1 aliphatic heterocycles. The summed E-state index contributed by atoms with van der Waals surface area (Å²) in [5.41, 5.74) is 4.88. The lowest BCUT2D eigenvalue weighted by molar-refractivity contribution is -0.137. The Morgan fingerprint density at radius 2 is 2.30 bits per heavy atom. The quantitative estimate of drug-likeness (QED) is 0.856. The van der Waals surface area contributed by atoms with Crippen LogP contribution >= 0.6 is 11.3 Å². The first kappa shape index (κ1) is 13.6. The van der Waals surface area contributed by atoms with Crippen LogP contribution in [0.25, 0.3) is 0 Å². The van der Waals surface area contributed by atoms with Crippen LogP contribution in [0.1, 0.15) is 29.2 Å². The van der Waals surface area contributed by atoms with Crippen LogP contribution in [0.4, 0.5) is 0 Å². The molecule has 2 fully saturated rings. The van der Waals surface area contributed by atoms with E-state index in [4.69, 9.17) is 5.73 Å². The zero-order valence-electron chi connectivity index (χ0n) is 11.3. The second kappa shape index (κ2) is 4.56. The number of rotatable bonds is 3. The molecule has 1 saturated carbocycles. The van der Waals surface area contributed by atoms with Gasteiger partial charge in [-0.15, -0.1) is 11.3 Å². The Kier molecular flexibility index (Phi) is 3.10. The Bertz CT molecular complexity index is 571. The molecule has 5 nitrogen and oxygen atoms in total. The van der Waals surface area contributed by atoms with Crippen LogP contribution < -0.4 is 5.73 Å². The maximum Gasteiger partial charge on any atom is 0.251 e. The van der Waals surface area contributed by atoms with Gasteiger partial charge in [-0.1, -0.05) is 0 Å². The third-order valence-electron chi connectivity index (χ3n) is 4.36. The first-order valence-corrected chi connectivity index (χ1v) is 7.65. The molecule has 1 aromatic rings. The van der Waals surface area contributed by atoms with E-state index >= 15 is 0 Å². The summed E-state index contributed by atoms with van der Waals surface area (Å²) < 4.78 is 0. The molecule has 2 aliphatic rings.